The van der Waals surface area contributed by atoms with Crippen LogP contribution in [0, 0.1) is 0 Å². The van der Waals surface area contributed by atoms with Gasteiger partial charge in [-0.3, -0.25) is 13.9 Å². The Morgan fingerprint density at radius 2 is 1.65 bits per heavy atom. The van der Waals surface area contributed by atoms with Crippen molar-refractivity contribution in [2.45, 2.75) is 58.7 Å². The molecule has 0 radical (unpaired) electrons. The van der Waals surface area contributed by atoms with Crippen LogP contribution in [0.15, 0.2) is 48.5 Å². The molecule has 10 heteroatoms. The number of hydrogen-bond acceptors (Lipinski definition) is 6. The van der Waals surface area contributed by atoms with E-state index in [-0.39, 0.29) is 43.8 Å². The standard InChI is InChI=1S/C27H39N3O6S/c1-7-25(27(32)28-20(2)3)29(19-21-13-15-23(35-4)16-14-21)26(31)12-9-17-30(37(6,33)34)22-10-8-11-24(18-22)36-5/h8,10-11,13-16,18,20,25H,7,9,12,17,19H2,1-6H3,(H,28,32). The molecule has 204 valence electrons. The summed E-state index contributed by atoms with van der Waals surface area (Å²) in [6, 6.07) is 13.4. The Bertz CT molecular complexity index is 1140. The zero-order valence-electron chi connectivity index (χ0n) is 22.6. The molecule has 0 aliphatic carbocycles. The Morgan fingerprint density at radius 1 is 1.00 bits per heavy atom. The zero-order valence-corrected chi connectivity index (χ0v) is 23.4. The van der Waals surface area contributed by atoms with Gasteiger partial charge in [-0.25, -0.2) is 8.42 Å². The van der Waals surface area contributed by atoms with Crippen LogP contribution in [-0.2, 0) is 26.2 Å². The van der Waals surface area contributed by atoms with Gasteiger partial charge in [0.2, 0.25) is 21.8 Å². The number of rotatable bonds is 14. The van der Waals surface area contributed by atoms with Crippen molar-refractivity contribution >= 4 is 27.5 Å². The Labute approximate surface area is 220 Å². The molecule has 0 heterocycles. The van der Waals surface area contributed by atoms with Crippen molar-refractivity contribution in [2.75, 3.05) is 31.3 Å². The van der Waals surface area contributed by atoms with E-state index in [0.717, 1.165) is 11.8 Å². The predicted octanol–water partition coefficient (Wildman–Crippen LogP) is 3.58. The fourth-order valence-corrected chi connectivity index (χ4v) is 4.95. The molecule has 9 nitrogen and oxygen atoms in total. The molecule has 2 aromatic rings. The SMILES string of the molecule is CCC(C(=O)NC(C)C)N(Cc1ccc(OC)cc1)C(=O)CCCN(c1cccc(OC)c1)S(C)(=O)=O. The van der Waals surface area contributed by atoms with E-state index < -0.39 is 16.1 Å². The maximum atomic E-state index is 13.5. The second-order valence-electron chi connectivity index (χ2n) is 9.10. The number of nitrogens with one attached hydrogen (secondary N) is 1. The number of benzene rings is 2. The van der Waals surface area contributed by atoms with Crippen LogP contribution in [0.25, 0.3) is 0 Å². The van der Waals surface area contributed by atoms with Gasteiger partial charge in [-0.05, 0) is 56.5 Å². The molecule has 2 rings (SSSR count). The van der Waals surface area contributed by atoms with E-state index >= 15 is 0 Å². The summed E-state index contributed by atoms with van der Waals surface area (Å²) in [7, 11) is -0.491. The van der Waals surface area contributed by atoms with Gasteiger partial charge in [0.05, 0.1) is 26.2 Å². The topological polar surface area (TPSA) is 105 Å². The summed E-state index contributed by atoms with van der Waals surface area (Å²) in [6.07, 6.45) is 1.94. The second-order valence-corrected chi connectivity index (χ2v) is 11.0. The quantitative estimate of drug-likeness (QED) is 0.398. The molecule has 1 N–H and O–H groups in total. The van der Waals surface area contributed by atoms with Crippen LogP contribution in [-0.4, -0.2) is 64.2 Å². The molecular formula is C27H39N3O6S. The number of methoxy groups -OCH3 is 2. The van der Waals surface area contributed by atoms with Gasteiger partial charge in [0.15, 0.2) is 0 Å². The van der Waals surface area contributed by atoms with Crippen molar-refractivity contribution in [3.8, 4) is 11.5 Å². The summed E-state index contributed by atoms with van der Waals surface area (Å²) >= 11 is 0. The van der Waals surface area contributed by atoms with E-state index in [2.05, 4.69) is 5.32 Å². The number of amides is 2. The maximum absolute atomic E-state index is 13.5. The fourth-order valence-electron chi connectivity index (χ4n) is 4.00. The minimum absolute atomic E-state index is 0.0642. The Hall–Kier alpha value is -3.27. The first-order chi connectivity index (χ1) is 17.5. The van der Waals surface area contributed by atoms with E-state index in [1.165, 1.54) is 11.4 Å². The third kappa shape index (κ3) is 8.96. The molecule has 0 aliphatic rings. The summed E-state index contributed by atoms with van der Waals surface area (Å²) in [4.78, 5) is 28.0. The van der Waals surface area contributed by atoms with Crippen molar-refractivity contribution < 1.29 is 27.5 Å². The number of hydrogen-bond donors (Lipinski definition) is 1. The Morgan fingerprint density at radius 3 is 2.19 bits per heavy atom. The highest BCUT2D eigenvalue weighted by Gasteiger charge is 2.29. The second kappa shape index (κ2) is 13.9. The summed E-state index contributed by atoms with van der Waals surface area (Å²) in [5, 5.41) is 2.91. The van der Waals surface area contributed by atoms with Gasteiger partial charge >= 0.3 is 0 Å². The summed E-state index contributed by atoms with van der Waals surface area (Å²) in [5.74, 6) is 0.800. The normalized spacial score (nSPS) is 12.1. The van der Waals surface area contributed by atoms with Crippen molar-refractivity contribution in [1.82, 2.24) is 10.2 Å². The molecule has 2 amide bonds. The minimum Gasteiger partial charge on any atom is -0.497 e. The van der Waals surface area contributed by atoms with Gasteiger partial charge in [0.25, 0.3) is 0 Å². The molecule has 0 spiro atoms. The predicted molar refractivity (Wildman–Crippen MR) is 145 cm³/mol. The van der Waals surface area contributed by atoms with Crippen LogP contribution in [0.4, 0.5) is 5.69 Å². The number of carbonyl (C=O) groups excluding carboxylic acids is 2. The van der Waals surface area contributed by atoms with Gasteiger partial charge in [-0.2, -0.15) is 0 Å². The van der Waals surface area contributed by atoms with Gasteiger partial charge < -0.3 is 19.7 Å². The monoisotopic (exact) mass is 533 g/mol. The lowest BCUT2D eigenvalue weighted by Crippen LogP contribution is -2.50. The van der Waals surface area contributed by atoms with Gasteiger partial charge in [0, 0.05) is 31.6 Å². The van der Waals surface area contributed by atoms with Crippen molar-refractivity contribution in [2.24, 2.45) is 0 Å². The fraction of sp³-hybridized carbons (Fsp3) is 0.481. The highest BCUT2D eigenvalue weighted by Crippen LogP contribution is 2.24. The third-order valence-corrected chi connectivity index (χ3v) is 7.02. The lowest BCUT2D eigenvalue weighted by molar-refractivity contribution is -0.141. The Kier molecular flexibility index (Phi) is 11.2. The van der Waals surface area contributed by atoms with Crippen molar-refractivity contribution in [3.63, 3.8) is 0 Å². The molecule has 0 aliphatic heterocycles. The minimum atomic E-state index is -3.59. The third-order valence-electron chi connectivity index (χ3n) is 5.82. The van der Waals surface area contributed by atoms with E-state index in [1.807, 2.05) is 45.0 Å². The molecule has 0 saturated heterocycles. The number of ether oxygens (including phenoxy) is 2. The zero-order chi connectivity index (χ0) is 27.6. The number of sulfonamides is 1. The van der Waals surface area contributed by atoms with E-state index in [0.29, 0.717) is 23.6 Å². The van der Waals surface area contributed by atoms with Crippen LogP contribution < -0.4 is 19.1 Å². The highest BCUT2D eigenvalue weighted by molar-refractivity contribution is 7.92. The average Bonchev–Trinajstić information content (AvgIpc) is 2.85. The number of carbonyl (C=O) groups is 2. The number of nitrogens with zero attached hydrogens (tertiary/aromatic N) is 2. The van der Waals surface area contributed by atoms with E-state index in [9.17, 15) is 18.0 Å². The van der Waals surface area contributed by atoms with Gasteiger partial charge in [-0.15, -0.1) is 0 Å². The van der Waals surface area contributed by atoms with Crippen LogP contribution in [0.1, 0.15) is 45.6 Å². The van der Waals surface area contributed by atoms with Crippen molar-refractivity contribution in [3.05, 3.63) is 54.1 Å². The lowest BCUT2D eigenvalue weighted by atomic mass is 10.1. The first-order valence-corrected chi connectivity index (χ1v) is 14.2. The summed E-state index contributed by atoms with van der Waals surface area (Å²) < 4.78 is 36.7. The molecule has 1 atom stereocenters. The largest absolute Gasteiger partial charge is 0.497 e. The van der Waals surface area contributed by atoms with Crippen LogP contribution in [0.5, 0.6) is 11.5 Å². The van der Waals surface area contributed by atoms with Crippen LogP contribution >= 0.6 is 0 Å². The summed E-state index contributed by atoms with van der Waals surface area (Å²) in [6.45, 7) is 5.98. The average molecular weight is 534 g/mol. The molecule has 0 bridgehead atoms. The highest BCUT2D eigenvalue weighted by atomic mass is 32.2. The maximum Gasteiger partial charge on any atom is 0.243 e. The van der Waals surface area contributed by atoms with E-state index in [1.54, 1.807) is 36.3 Å². The Balaban J connectivity index is 2.23. The molecule has 0 aromatic heterocycles. The van der Waals surface area contributed by atoms with E-state index in [4.69, 9.17) is 9.47 Å². The smallest absolute Gasteiger partial charge is 0.243 e. The molecule has 0 saturated carbocycles. The number of anilines is 1. The first kappa shape index (κ1) is 30.0. The summed E-state index contributed by atoms with van der Waals surface area (Å²) in [5.41, 5.74) is 1.33. The first-order valence-electron chi connectivity index (χ1n) is 12.3. The van der Waals surface area contributed by atoms with Gasteiger partial charge in [0.1, 0.15) is 17.5 Å². The molecule has 37 heavy (non-hydrogen) atoms. The van der Waals surface area contributed by atoms with Crippen molar-refractivity contribution in [1.29, 1.82) is 0 Å². The van der Waals surface area contributed by atoms with Crippen LogP contribution in [0.2, 0.25) is 0 Å². The molecular weight excluding hydrogens is 494 g/mol. The molecule has 0 fully saturated rings. The van der Waals surface area contributed by atoms with Gasteiger partial charge in [-0.1, -0.05) is 25.1 Å². The lowest BCUT2D eigenvalue weighted by Gasteiger charge is -2.31. The molecule has 1 unspecified atom stereocenters. The molecule has 2 aromatic carbocycles. The van der Waals surface area contributed by atoms with Crippen LogP contribution in [0.3, 0.4) is 0 Å².